The van der Waals surface area contributed by atoms with E-state index < -0.39 is 25.1 Å². The predicted octanol–water partition coefficient (Wildman–Crippen LogP) is 3.35. The SMILES string of the molecule is CBN(c1ncns1)S(=O)(=O)c1ccc2c(c1)OCC[C@@H]2N1CC[C@@H](S(C)(=O)=O)C[C@H]1c1ccc(F)cc1. The highest BCUT2D eigenvalue weighted by Gasteiger charge is 2.40. The Morgan fingerprint density at radius 3 is 2.53 bits per heavy atom. The van der Waals surface area contributed by atoms with E-state index in [0.717, 1.165) is 22.7 Å². The van der Waals surface area contributed by atoms with Crippen LogP contribution in [0.4, 0.5) is 9.52 Å². The predicted molar refractivity (Wildman–Crippen MR) is 146 cm³/mol. The summed E-state index contributed by atoms with van der Waals surface area (Å²) in [6.07, 6.45) is 4.14. The molecule has 5 rings (SSSR count). The molecule has 0 saturated carbocycles. The standard InChI is InChI=1S/C24H28BFN4O5S3/c1-25-30(24-27-15-28-36-24)38(33,34)19-7-8-20-21(10-12-35-23(20)14-19)29-11-9-18(37(2,31)32)13-22(29)16-3-5-17(26)6-4-16/h3-8,14-15,18,21-22,25H,9-13H2,1-2H3/t18-,21+,22+/m1/s1. The van der Waals surface area contributed by atoms with E-state index in [0.29, 0.717) is 43.3 Å². The minimum atomic E-state index is -3.89. The summed E-state index contributed by atoms with van der Waals surface area (Å²) >= 11 is 1.01. The molecule has 202 valence electrons. The molecule has 0 unspecified atom stereocenters. The van der Waals surface area contributed by atoms with Crippen molar-refractivity contribution in [3.8, 4) is 5.75 Å². The van der Waals surface area contributed by atoms with Gasteiger partial charge < -0.3 is 4.74 Å². The molecular formula is C24H28BFN4O5S3. The molecule has 2 aliphatic heterocycles. The Balaban J connectivity index is 1.49. The number of hydrogen-bond acceptors (Lipinski definition) is 9. The fraction of sp³-hybridized carbons (Fsp3) is 0.417. The Bertz CT molecular complexity index is 1500. The number of fused-ring (bicyclic) bond motifs is 1. The minimum absolute atomic E-state index is 0.0971. The summed E-state index contributed by atoms with van der Waals surface area (Å²) in [5.41, 5.74) is 1.70. The number of nitrogens with zero attached hydrogens (tertiary/aromatic N) is 4. The van der Waals surface area contributed by atoms with Crippen LogP contribution in [0.25, 0.3) is 0 Å². The maximum Gasteiger partial charge on any atom is 0.256 e. The van der Waals surface area contributed by atoms with Crippen LogP contribution < -0.4 is 8.95 Å². The molecule has 0 N–H and O–H groups in total. The number of likely N-dealkylation sites (tertiary alicyclic amines) is 1. The van der Waals surface area contributed by atoms with Gasteiger partial charge >= 0.3 is 0 Å². The molecule has 1 aromatic heterocycles. The molecule has 2 aromatic carbocycles. The van der Waals surface area contributed by atoms with E-state index in [1.54, 1.807) is 37.2 Å². The van der Waals surface area contributed by atoms with Crippen molar-refractivity contribution in [3.05, 3.63) is 65.7 Å². The smallest absolute Gasteiger partial charge is 0.256 e. The van der Waals surface area contributed by atoms with Crippen molar-refractivity contribution < 1.29 is 26.0 Å². The van der Waals surface area contributed by atoms with Crippen molar-refractivity contribution >= 4 is 43.9 Å². The van der Waals surface area contributed by atoms with E-state index in [1.807, 2.05) is 0 Å². The van der Waals surface area contributed by atoms with Crippen LogP contribution in [0.2, 0.25) is 6.82 Å². The molecule has 1 saturated heterocycles. The van der Waals surface area contributed by atoms with E-state index in [-0.39, 0.29) is 30.2 Å². The first-order valence-electron chi connectivity index (χ1n) is 12.4. The van der Waals surface area contributed by atoms with Gasteiger partial charge in [0.1, 0.15) is 27.7 Å². The summed E-state index contributed by atoms with van der Waals surface area (Å²) in [5.74, 6) is 0.134. The van der Waals surface area contributed by atoms with E-state index in [9.17, 15) is 21.2 Å². The van der Waals surface area contributed by atoms with Crippen LogP contribution in [0, 0.1) is 5.82 Å². The molecule has 0 aliphatic carbocycles. The van der Waals surface area contributed by atoms with Crippen LogP contribution >= 0.6 is 11.5 Å². The molecule has 0 bridgehead atoms. The fourth-order valence-electron chi connectivity index (χ4n) is 5.39. The molecular weight excluding hydrogens is 550 g/mol. The molecule has 2 aliphatic rings. The average molecular weight is 579 g/mol. The van der Waals surface area contributed by atoms with Crippen molar-refractivity contribution in [2.24, 2.45) is 0 Å². The zero-order valence-electron chi connectivity index (χ0n) is 21.0. The molecule has 0 spiro atoms. The first-order valence-corrected chi connectivity index (χ1v) is 16.5. The van der Waals surface area contributed by atoms with Crippen molar-refractivity contribution in [1.29, 1.82) is 0 Å². The summed E-state index contributed by atoms with van der Waals surface area (Å²) in [6.45, 7) is 2.65. The molecule has 38 heavy (non-hydrogen) atoms. The first-order chi connectivity index (χ1) is 18.1. The Kier molecular flexibility index (Phi) is 7.51. The van der Waals surface area contributed by atoms with Gasteiger partial charge in [0.15, 0.2) is 0 Å². The Morgan fingerprint density at radius 1 is 1.11 bits per heavy atom. The lowest BCUT2D eigenvalue weighted by Crippen LogP contribution is -2.44. The number of aromatic nitrogens is 2. The highest BCUT2D eigenvalue weighted by atomic mass is 32.2. The number of piperidine rings is 1. The van der Waals surface area contributed by atoms with Gasteiger partial charge in [-0.2, -0.15) is 4.37 Å². The summed E-state index contributed by atoms with van der Waals surface area (Å²) < 4.78 is 76.5. The number of anilines is 1. The zero-order chi connectivity index (χ0) is 27.1. The summed E-state index contributed by atoms with van der Waals surface area (Å²) in [7, 11) is -6.93. The van der Waals surface area contributed by atoms with Crippen LogP contribution in [0.15, 0.2) is 53.7 Å². The number of sulfonamides is 1. The van der Waals surface area contributed by atoms with Gasteiger partial charge in [-0.05, 0) is 36.6 Å². The monoisotopic (exact) mass is 578 g/mol. The highest BCUT2D eigenvalue weighted by molar-refractivity contribution is 7.94. The summed E-state index contributed by atoms with van der Waals surface area (Å²) in [6, 6.07) is 10.8. The van der Waals surface area contributed by atoms with Gasteiger partial charge in [-0.15, -0.1) is 0 Å². The maximum atomic E-state index is 13.7. The molecule has 0 amide bonds. The molecule has 3 atom stereocenters. The number of ether oxygens (including phenoxy) is 1. The van der Waals surface area contributed by atoms with Crippen molar-refractivity contribution in [3.63, 3.8) is 0 Å². The summed E-state index contributed by atoms with van der Waals surface area (Å²) in [4.78, 5) is 6.41. The molecule has 0 radical (unpaired) electrons. The van der Waals surface area contributed by atoms with E-state index in [1.165, 1.54) is 28.9 Å². The third-order valence-corrected chi connectivity index (χ3v) is 11.6. The molecule has 9 nitrogen and oxygen atoms in total. The van der Waals surface area contributed by atoms with Crippen LogP contribution in [0.5, 0.6) is 5.75 Å². The largest absolute Gasteiger partial charge is 0.493 e. The van der Waals surface area contributed by atoms with E-state index in [2.05, 4.69) is 14.3 Å². The number of hydrogen-bond donors (Lipinski definition) is 0. The number of halogens is 1. The third-order valence-electron chi connectivity index (χ3n) is 7.29. The lowest BCUT2D eigenvalue weighted by atomic mass is 9.89. The van der Waals surface area contributed by atoms with Crippen molar-refractivity contribution in [1.82, 2.24) is 14.3 Å². The van der Waals surface area contributed by atoms with Gasteiger partial charge in [0.2, 0.25) is 5.13 Å². The van der Waals surface area contributed by atoms with E-state index >= 15 is 0 Å². The van der Waals surface area contributed by atoms with Crippen LogP contribution in [-0.2, 0) is 19.9 Å². The molecule has 3 heterocycles. The van der Waals surface area contributed by atoms with Crippen molar-refractivity contribution in [2.45, 2.75) is 48.3 Å². The van der Waals surface area contributed by atoms with Gasteiger partial charge in [-0.1, -0.05) is 25.0 Å². The highest BCUT2D eigenvalue weighted by Crippen LogP contribution is 2.45. The van der Waals surface area contributed by atoms with E-state index in [4.69, 9.17) is 4.74 Å². The van der Waals surface area contributed by atoms with Crippen molar-refractivity contribution in [2.75, 3.05) is 23.6 Å². The van der Waals surface area contributed by atoms with Crippen LogP contribution in [-0.4, -0.2) is 63.2 Å². The zero-order valence-corrected chi connectivity index (χ0v) is 23.5. The van der Waals surface area contributed by atoms with Gasteiger partial charge in [-0.25, -0.2) is 26.2 Å². The quantitative estimate of drug-likeness (QED) is 0.393. The molecule has 14 heteroatoms. The fourth-order valence-corrected chi connectivity index (χ4v) is 8.70. The second-order valence-electron chi connectivity index (χ2n) is 9.53. The normalized spacial score (nSPS) is 22.3. The molecule has 1 fully saturated rings. The average Bonchev–Trinajstić information content (AvgIpc) is 3.42. The third kappa shape index (κ3) is 5.18. The number of benzene rings is 2. The van der Waals surface area contributed by atoms with Crippen LogP contribution in [0.3, 0.4) is 0 Å². The second-order valence-corrected chi connectivity index (χ2v) is 14.5. The number of sulfone groups is 1. The van der Waals surface area contributed by atoms with Gasteiger partial charge in [0, 0.05) is 54.5 Å². The first kappa shape index (κ1) is 27.0. The Labute approximate surface area is 227 Å². The molecule has 3 aromatic rings. The Hall–Kier alpha value is -2.55. The Morgan fingerprint density at radius 2 is 1.87 bits per heavy atom. The lowest BCUT2D eigenvalue weighted by Gasteiger charge is -2.45. The minimum Gasteiger partial charge on any atom is -0.493 e. The van der Waals surface area contributed by atoms with Gasteiger partial charge in [0.05, 0.1) is 16.8 Å². The van der Waals surface area contributed by atoms with Gasteiger partial charge in [-0.3, -0.25) is 9.12 Å². The topological polar surface area (TPSA) is 110 Å². The summed E-state index contributed by atoms with van der Waals surface area (Å²) in [5, 5.41) is -0.194. The van der Waals surface area contributed by atoms with Gasteiger partial charge in [0.25, 0.3) is 17.4 Å². The lowest BCUT2D eigenvalue weighted by molar-refractivity contribution is 0.0680. The second kappa shape index (κ2) is 10.6. The van der Waals surface area contributed by atoms with Crippen LogP contribution in [0.1, 0.15) is 42.5 Å². The number of rotatable bonds is 7. The maximum absolute atomic E-state index is 13.7.